The quantitative estimate of drug-likeness (QED) is 0.468. The van der Waals surface area contributed by atoms with Crippen LogP contribution in [-0.4, -0.2) is 23.9 Å². The van der Waals surface area contributed by atoms with E-state index in [1.165, 1.54) is 0 Å². The van der Waals surface area contributed by atoms with Gasteiger partial charge in [-0.1, -0.05) is 6.07 Å². The number of hydrogen-bond acceptors (Lipinski definition) is 4. The number of methoxy groups -OCH3 is 1. The van der Waals surface area contributed by atoms with Crippen molar-refractivity contribution in [2.45, 2.75) is 6.92 Å². The number of rotatable bonds is 5. The van der Waals surface area contributed by atoms with Gasteiger partial charge in [-0.05, 0) is 67.8 Å². The van der Waals surface area contributed by atoms with E-state index in [4.69, 9.17) is 33.9 Å². The van der Waals surface area contributed by atoms with Crippen LogP contribution in [0.1, 0.15) is 6.92 Å². The summed E-state index contributed by atoms with van der Waals surface area (Å²) in [6.07, 6.45) is 0. The van der Waals surface area contributed by atoms with Crippen molar-refractivity contribution in [2.24, 2.45) is 0 Å². The minimum absolute atomic E-state index is 0.379. The Labute approximate surface area is 157 Å². The molecule has 0 bridgehead atoms. The minimum Gasteiger partial charge on any atom is -0.497 e. The highest BCUT2D eigenvalue weighted by Crippen LogP contribution is 2.16. The molecule has 2 aromatic rings. The Hall–Kier alpha value is -2.58. The summed E-state index contributed by atoms with van der Waals surface area (Å²) in [5.41, 5.74) is 7.30. The third-order valence-electron chi connectivity index (χ3n) is 3.04. The SMILES string of the molecule is CCOc1ccc(NC(=S)NNC(=S)Nc2cccc(OC)c2)cc1. The summed E-state index contributed by atoms with van der Waals surface area (Å²) >= 11 is 10.4. The van der Waals surface area contributed by atoms with Gasteiger partial charge in [-0.25, -0.2) is 0 Å². The van der Waals surface area contributed by atoms with E-state index in [2.05, 4.69) is 21.5 Å². The lowest BCUT2D eigenvalue weighted by atomic mass is 10.3. The molecule has 0 aliphatic heterocycles. The molecule has 0 aromatic heterocycles. The second kappa shape index (κ2) is 9.65. The first-order valence-electron chi connectivity index (χ1n) is 7.61. The molecule has 0 radical (unpaired) electrons. The topological polar surface area (TPSA) is 66.6 Å². The fourth-order valence-electron chi connectivity index (χ4n) is 1.94. The molecule has 0 aliphatic rings. The highest BCUT2D eigenvalue weighted by molar-refractivity contribution is 7.81. The third kappa shape index (κ3) is 6.44. The molecule has 0 spiro atoms. The van der Waals surface area contributed by atoms with Crippen molar-refractivity contribution in [3.05, 3.63) is 48.5 Å². The number of hydrogen-bond donors (Lipinski definition) is 4. The number of thiocarbonyl (C=S) groups is 2. The van der Waals surface area contributed by atoms with Gasteiger partial charge in [0.05, 0.1) is 13.7 Å². The van der Waals surface area contributed by atoms with Crippen LogP contribution >= 0.6 is 24.4 Å². The average Bonchev–Trinajstić information content (AvgIpc) is 2.62. The average molecular weight is 377 g/mol. The molecular weight excluding hydrogens is 356 g/mol. The van der Waals surface area contributed by atoms with Crippen molar-refractivity contribution in [1.82, 2.24) is 10.9 Å². The maximum absolute atomic E-state index is 5.39. The predicted molar refractivity (Wildman–Crippen MR) is 109 cm³/mol. The van der Waals surface area contributed by atoms with Gasteiger partial charge in [0.1, 0.15) is 11.5 Å². The van der Waals surface area contributed by atoms with Crippen LogP contribution in [-0.2, 0) is 0 Å². The smallest absolute Gasteiger partial charge is 0.189 e. The molecule has 6 nitrogen and oxygen atoms in total. The third-order valence-corrected chi connectivity index (χ3v) is 3.45. The summed E-state index contributed by atoms with van der Waals surface area (Å²) in [5, 5.41) is 6.84. The van der Waals surface area contributed by atoms with Crippen molar-refractivity contribution >= 4 is 46.0 Å². The van der Waals surface area contributed by atoms with E-state index >= 15 is 0 Å². The zero-order chi connectivity index (χ0) is 18.1. The summed E-state index contributed by atoms with van der Waals surface area (Å²) in [6, 6.07) is 15.0. The Kier molecular flexibility index (Phi) is 7.24. The molecule has 2 rings (SSSR count). The zero-order valence-corrected chi connectivity index (χ0v) is 15.6. The van der Waals surface area contributed by atoms with E-state index in [1.807, 2.05) is 55.5 Å². The lowest BCUT2D eigenvalue weighted by Gasteiger charge is -2.15. The monoisotopic (exact) mass is 376 g/mol. The summed E-state index contributed by atoms with van der Waals surface area (Å²) in [4.78, 5) is 0. The van der Waals surface area contributed by atoms with Gasteiger partial charge in [-0.3, -0.25) is 10.9 Å². The molecule has 0 unspecified atom stereocenters. The molecule has 132 valence electrons. The Bertz CT molecular complexity index is 723. The van der Waals surface area contributed by atoms with Crippen LogP contribution in [0.4, 0.5) is 11.4 Å². The van der Waals surface area contributed by atoms with Gasteiger partial charge in [0, 0.05) is 17.4 Å². The minimum atomic E-state index is 0.379. The number of hydrazine groups is 1. The van der Waals surface area contributed by atoms with E-state index in [0.717, 1.165) is 22.9 Å². The van der Waals surface area contributed by atoms with E-state index in [-0.39, 0.29) is 0 Å². The second-order valence-corrected chi connectivity index (χ2v) is 5.66. The Morgan fingerprint density at radius 3 is 2.12 bits per heavy atom. The van der Waals surface area contributed by atoms with Crippen LogP contribution in [0.5, 0.6) is 11.5 Å². The van der Waals surface area contributed by atoms with Gasteiger partial charge in [0.2, 0.25) is 0 Å². The van der Waals surface area contributed by atoms with Crippen LogP contribution in [0.2, 0.25) is 0 Å². The normalized spacial score (nSPS) is 9.68. The van der Waals surface area contributed by atoms with Gasteiger partial charge in [0.15, 0.2) is 10.2 Å². The van der Waals surface area contributed by atoms with Crippen molar-refractivity contribution in [3.8, 4) is 11.5 Å². The molecule has 0 saturated carbocycles. The summed E-state index contributed by atoms with van der Waals surface area (Å²) < 4.78 is 10.6. The predicted octanol–water partition coefficient (Wildman–Crippen LogP) is 3.28. The van der Waals surface area contributed by atoms with E-state index < -0.39 is 0 Å². The first-order chi connectivity index (χ1) is 12.1. The molecule has 0 amide bonds. The van der Waals surface area contributed by atoms with Gasteiger partial charge < -0.3 is 20.1 Å². The van der Waals surface area contributed by atoms with E-state index in [9.17, 15) is 0 Å². The van der Waals surface area contributed by atoms with Gasteiger partial charge in [-0.15, -0.1) is 0 Å². The number of benzene rings is 2. The maximum Gasteiger partial charge on any atom is 0.189 e. The van der Waals surface area contributed by atoms with E-state index in [1.54, 1.807) is 7.11 Å². The van der Waals surface area contributed by atoms with Gasteiger partial charge >= 0.3 is 0 Å². The lowest BCUT2D eigenvalue weighted by Crippen LogP contribution is -2.45. The molecule has 0 heterocycles. The summed E-state index contributed by atoms with van der Waals surface area (Å²) in [5.74, 6) is 1.56. The largest absolute Gasteiger partial charge is 0.497 e. The fraction of sp³-hybridized carbons (Fsp3) is 0.176. The Morgan fingerprint density at radius 1 is 0.880 bits per heavy atom. The molecule has 8 heteroatoms. The van der Waals surface area contributed by atoms with Crippen molar-refractivity contribution in [3.63, 3.8) is 0 Å². The van der Waals surface area contributed by atoms with E-state index in [0.29, 0.717) is 16.8 Å². The molecule has 25 heavy (non-hydrogen) atoms. The standard InChI is InChI=1S/C17H20N4O2S2/c1-3-23-14-9-7-12(8-10-14)18-16(24)20-21-17(25)19-13-5-4-6-15(11-13)22-2/h4-11H,3H2,1-2H3,(H2,18,20,24)(H2,19,21,25). The molecule has 0 aliphatic carbocycles. The second-order valence-electron chi connectivity index (χ2n) is 4.85. The van der Waals surface area contributed by atoms with Crippen LogP contribution < -0.4 is 31.0 Å². The molecule has 4 N–H and O–H groups in total. The zero-order valence-electron chi connectivity index (χ0n) is 14.0. The van der Waals surface area contributed by atoms with Gasteiger partial charge in [0.25, 0.3) is 0 Å². The highest BCUT2D eigenvalue weighted by Gasteiger charge is 2.01. The first kappa shape index (κ1) is 18.8. The molecule has 0 atom stereocenters. The van der Waals surface area contributed by atoms with Crippen molar-refractivity contribution in [2.75, 3.05) is 24.4 Å². The van der Waals surface area contributed by atoms with Crippen molar-refractivity contribution < 1.29 is 9.47 Å². The maximum atomic E-state index is 5.39. The lowest BCUT2D eigenvalue weighted by molar-refractivity contribution is 0.340. The number of anilines is 2. The Morgan fingerprint density at radius 2 is 1.52 bits per heavy atom. The molecule has 2 aromatic carbocycles. The molecule has 0 saturated heterocycles. The molecule has 0 fully saturated rings. The Balaban J connectivity index is 1.77. The summed E-state index contributed by atoms with van der Waals surface area (Å²) in [6.45, 7) is 2.58. The summed E-state index contributed by atoms with van der Waals surface area (Å²) in [7, 11) is 1.61. The van der Waals surface area contributed by atoms with Crippen LogP contribution in [0.3, 0.4) is 0 Å². The van der Waals surface area contributed by atoms with Crippen LogP contribution in [0.15, 0.2) is 48.5 Å². The number of nitrogens with one attached hydrogen (secondary N) is 4. The van der Waals surface area contributed by atoms with Crippen molar-refractivity contribution in [1.29, 1.82) is 0 Å². The van der Waals surface area contributed by atoms with Crippen LogP contribution in [0, 0.1) is 0 Å². The van der Waals surface area contributed by atoms with Gasteiger partial charge in [-0.2, -0.15) is 0 Å². The molecular formula is C17H20N4O2S2. The van der Waals surface area contributed by atoms with Crippen LogP contribution in [0.25, 0.3) is 0 Å². The fourth-order valence-corrected chi connectivity index (χ4v) is 2.28. The number of ether oxygens (including phenoxy) is 2. The first-order valence-corrected chi connectivity index (χ1v) is 8.43. The highest BCUT2D eigenvalue weighted by atomic mass is 32.1.